The van der Waals surface area contributed by atoms with Crippen molar-refractivity contribution in [1.29, 1.82) is 0 Å². The molecule has 0 amide bonds. The fourth-order valence-electron chi connectivity index (χ4n) is 2.40. The van der Waals surface area contributed by atoms with Crippen LogP contribution in [-0.2, 0) is 6.61 Å². The molecule has 0 aliphatic heterocycles. The molecule has 1 aromatic heterocycles. The van der Waals surface area contributed by atoms with Crippen LogP contribution in [0.2, 0.25) is 0 Å². The molecule has 2 N–H and O–H groups in total. The Morgan fingerprint density at radius 3 is 2.73 bits per heavy atom. The number of aromatic amines is 1. The lowest BCUT2D eigenvalue weighted by Gasteiger charge is -2.08. The maximum absolute atomic E-state index is 11.4. The highest BCUT2D eigenvalue weighted by molar-refractivity contribution is 6.04. The van der Waals surface area contributed by atoms with E-state index < -0.39 is 5.97 Å². The van der Waals surface area contributed by atoms with Gasteiger partial charge in [0.05, 0.1) is 12.7 Å². The number of carboxylic acids is 1. The van der Waals surface area contributed by atoms with Crippen LogP contribution < -0.4 is 9.47 Å². The molecule has 0 saturated heterocycles. The molecule has 0 spiro atoms. The third kappa shape index (κ3) is 2.61. The van der Waals surface area contributed by atoms with Gasteiger partial charge in [0.2, 0.25) is 0 Å². The lowest BCUT2D eigenvalue weighted by molar-refractivity contribution is 0.0699. The van der Waals surface area contributed by atoms with Crippen LogP contribution in [-0.4, -0.2) is 23.2 Å². The highest BCUT2D eigenvalue weighted by Gasteiger charge is 2.13. The number of H-pyrrole nitrogens is 1. The molecule has 0 radical (unpaired) electrons. The monoisotopic (exact) mass is 297 g/mol. The van der Waals surface area contributed by atoms with E-state index in [0.29, 0.717) is 16.9 Å². The van der Waals surface area contributed by atoms with Gasteiger partial charge >= 0.3 is 5.97 Å². The molecule has 22 heavy (non-hydrogen) atoms. The molecule has 0 aliphatic carbocycles. The summed E-state index contributed by atoms with van der Waals surface area (Å²) in [5.74, 6) is 0.428. The number of nitrogens with one attached hydrogen (secondary N) is 1. The van der Waals surface area contributed by atoms with Crippen LogP contribution in [0.25, 0.3) is 10.9 Å². The quantitative estimate of drug-likeness (QED) is 0.756. The summed E-state index contributed by atoms with van der Waals surface area (Å²) < 4.78 is 10.9. The van der Waals surface area contributed by atoms with Crippen molar-refractivity contribution < 1.29 is 19.4 Å². The fraction of sp³-hybridized carbons (Fsp3) is 0.118. The largest absolute Gasteiger partial charge is 0.497 e. The second kappa shape index (κ2) is 5.81. The molecule has 0 fully saturated rings. The molecule has 3 rings (SSSR count). The van der Waals surface area contributed by atoms with Gasteiger partial charge < -0.3 is 19.6 Å². The number of carbonyl (C=O) groups is 1. The molecular formula is C17H15NO4. The Morgan fingerprint density at radius 2 is 1.95 bits per heavy atom. The van der Waals surface area contributed by atoms with Crippen LogP contribution in [0, 0.1) is 0 Å². The van der Waals surface area contributed by atoms with Crippen molar-refractivity contribution in [2.24, 2.45) is 0 Å². The van der Waals surface area contributed by atoms with Crippen LogP contribution >= 0.6 is 0 Å². The van der Waals surface area contributed by atoms with Crippen molar-refractivity contribution in [1.82, 2.24) is 4.98 Å². The Labute approximate surface area is 127 Å². The van der Waals surface area contributed by atoms with Gasteiger partial charge in [0.1, 0.15) is 18.1 Å². The van der Waals surface area contributed by atoms with Gasteiger partial charge in [-0.3, -0.25) is 0 Å². The molecule has 0 aliphatic rings. The van der Waals surface area contributed by atoms with Gasteiger partial charge in [-0.25, -0.2) is 4.79 Å². The maximum atomic E-state index is 11.4. The summed E-state index contributed by atoms with van der Waals surface area (Å²) in [7, 11) is 1.60. The van der Waals surface area contributed by atoms with E-state index in [1.165, 1.54) is 0 Å². The van der Waals surface area contributed by atoms with Crippen molar-refractivity contribution >= 4 is 16.9 Å². The van der Waals surface area contributed by atoms with E-state index in [9.17, 15) is 9.90 Å². The highest BCUT2D eigenvalue weighted by Crippen LogP contribution is 2.25. The van der Waals surface area contributed by atoms with Gasteiger partial charge in [0.25, 0.3) is 0 Å². The van der Waals surface area contributed by atoms with Crippen molar-refractivity contribution in [3.05, 3.63) is 59.8 Å². The number of ether oxygens (including phenoxy) is 2. The molecule has 0 unspecified atom stereocenters. The molecule has 3 aromatic rings. The van der Waals surface area contributed by atoms with Gasteiger partial charge in [-0.05, 0) is 24.3 Å². The lowest BCUT2D eigenvalue weighted by atomic mass is 10.1. The summed E-state index contributed by atoms with van der Waals surface area (Å²) in [4.78, 5) is 14.4. The number of carboxylic acid groups (broad SMARTS) is 1. The fourth-order valence-corrected chi connectivity index (χ4v) is 2.40. The van der Waals surface area contributed by atoms with Crippen LogP contribution in [0.3, 0.4) is 0 Å². The Kier molecular flexibility index (Phi) is 3.70. The first-order valence-electron chi connectivity index (χ1n) is 6.78. The van der Waals surface area contributed by atoms with Crippen molar-refractivity contribution in [2.75, 3.05) is 7.11 Å². The van der Waals surface area contributed by atoms with Gasteiger partial charge in [-0.15, -0.1) is 0 Å². The van der Waals surface area contributed by atoms with Crippen LogP contribution in [0.15, 0.2) is 48.7 Å². The normalized spacial score (nSPS) is 10.6. The number of rotatable bonds is 5. The summed E-state index contributed by atoms with van der Waals surface area (Å²) >= 11 is 0. The van der Waals surface area contributed by atoms with Gasteiger partial charge in [0, 0.05) is 28.7 Å². The molecule has 0 atom stereocenters. The number of fused-ring (bicyclic) bond motifs is 1. The number of aromatic nitrogens is 1. The topological polar surface area (TPSA) is 71.5 Å². The molecule has 0 bridgehead atoms. The number of aromatic carboxylic acids is 1. The average molecular weight is 297 g/mol. The Hall–Kier alpha value is -2.95. The number of hydrogen-bond donors (Lipinski definition) is 2. The first-order chi connectivity index (χ1) is 10.7. The molecular weight excluding hydrogens is 282 g/mol. The lowest BCUT2D eigenvalue weighted by Crippen LogP contribution is -2.00. The molecule has 5 heteroatoms. The Bertz CT molecular complexity index is 822. The Morgan fingerprint density at radius 1 is 1.18 bits per heavy atom. The Balaban J connectivity index is 1.89. The summed E-state index contributed by atoms with van der Waals surface area (Å²) in [6.07, 6.45) is 1.78. The standard InChI is InChI=1S/C17H15NO4/c1-21-12-4-2-5-13(8-12)22-10-11-9-18-15-7-3-6-14(16(11)15)17(19)20/h2-9,18H,10H2,1H3,(H,19,20). The SMILES string of the molecule is COc1cccc(OCc2c[nH]c3cccc(C(=O)O)c23)c1. The third-order valence-electron chi connectivity index (χ3n) is 3.45. The van der Waals surface area contributed by atoms with E-state index in [2.05, 4.69) is 4.98 Å². The van der Waals surface area contributed by atoms with E-state index in [-0.39, 0.29) is 12.2 Å². The summed E-state index contributed by atoms with van der Waals surface area (Å²) in [6.45, 7) is 0.275. The second-order valence-electron chi connectivity index (χ2n) is 4.81. The van der Waals surface area contributed by atoms with Crippen molar-refractivity contribution in [2.45, 2.75) is 6.61 Å². The minimum atomic E-state index is -0.951. The van der Waals surface area contributed by atoms with Crippen LogP contribution in [0.4, 0.5) is 0 Å². The number of methoxy groups -OCH3 is 1. The first kappa shape index (κ1) is 14.0. The maximum Gasteiger partial charge on any atom is 0.336 e. The summed E-state index contributed by atoms with van der Waals surface area (Å²) in [5, 5.41) is 9.99. The minimum absolute atomic E-state index is 0.267. The van der Waals surface area contributed by atoms with Gasteiger partial charge in [-0.1, -0.05) is 12.1 Å². The van der Waals surface area contributed by atoms with E-state index in [1.807, 2.05) is 24.3 Å². The van der Waals surface area contributed by atoms with E-state index in [1.54, 1.807) is 31.5 Å². The van der Waals surface area contributed by atoms with Crippen molar-refractivity contribution in [3.8, 4) is 11.5 Å². The first-order valence-corrected chi connectivity index (χ1v) is 6.78. The van der Waals surface area contributed by atoms with E-state index >= 15 is 0 Å². The predicted octanol–water partition coefficient (Wildman–Crippen LogP) is 3.45. The molecule has 1 heterocycles. The second-order valence-corrected chi connectivity index (χ2v) is 4.81. The number of hydrogen-bond acceptors (Lipinski definition) is 3. The van der Waals surface area contributed by atoms with Crippen LogP contribution in [0.1, 0.15) is 15.9 Å². The van der Waals surface area contributed by atoms with Gasteiger partial charge in [-0.2, -0.15) is 0 Å². The molecule has 0 saturated carbocycles. The van der Waals surface area contributed by atoms with Crippen LogP contribution in [0.5, 0.6) is 11.5 Å². The average Bonchev–Trinajstić information content (AvgIpc) is 2.96. The zero-order valence-electron chi connectivity index (χ0n) is 12.0. The summed E-state index contributed by atoms with van der Waals surface area (Å²) in [5.41, 5.74) is 1.85. The smallest absolute Gasteiger partial charge is 0.336 e. The molecule has 2 aromatic carbocycles. The minimum Gasteiger partial charge on any atom is -0.497 e. The van der Waals surface area contributed by atoms with Gasteiger partial charge in [0.15, 0.2) is 0 Å². The zero-order valence-corrected chi connectivity index (χ0v) is 12.0. The van der Waals surface area contributed by atoms with Crippen molar-refractivity contribution in [3.63, 3.8) is 0 Å². The predicted molar refractivity (Wildman–Crippen MR) is 82.6 cm³/mol. The third-order valence-corrected chi connectivity index (χ3v) is 3.45. The zero-order chi connectivity index (χ0) is 15.5. The molecule has 112 valence electrons. The van der Waals surface area contributed by atoms with E-state index in [0.717, 1.165) is 11.1 Å². The molecule has 5 nitrogen and oxygen atoms in total. The highest BCUT2D eigenvalue weighted by atomic mass is 16.5. The summed E-state index contributed by atoms with van der Waals surface area (Å²) in [6, 6.07) is 12.4. The van der Waals surface area contributed by atoms with E-state index in [4.69, 9.17) is 9.47 Å². The number of benzene rings is 2.